The number of benzene rings is 2. The molecule has 0 aliphatic rings. The molecule has 3 aromatic rings. The molecule has 0 radical (unpaired) electrons. The molecule has 148 valence electrons. The van der Waals surface area contributed by atoms with E-state index in [0.717, 1.165) is 42.0 Å². The summed E-state index contributed by atoms with van der Waals surface area (Å²) in [6, 6.07) is 18.0. The van der Waals surface area contributed by atoms with Crippen molar-refractivity contribution in [1.29, 1.82) is 0 Å². The number of aryl methyl sites for hydroxylation is 1. The Hall–Kier alpha value is -2.82. The Labute approximate surface area is 166 Å². The number of ether oxygens (including phenoxy) is 1. The second-order valence-corrected chi connectivity index (χ2v) is 7.97. The maximum absolute atomic E-state index is 12.2. The number of para-hydroxylation sites is 3. The highest BCUT2D eigenvalue weighted by Crippen LogP contribution is 2.18. The van der Waals surface area contributed by atoms with E-state index in [1.54, 1.807) is 0 Å². The van der Waals surface area contributed by atoms with Crippen LogP contribution in [0.5, 0.6) is 5.75 Å². The van der Waals surface area contributed by atoms with Gasteiger partial charge in [-0.2, -0.15) is 0 Å². The van der Waals surface area contributed by atoms with Crippen LogP contribution in [0.1, 0.15) is 39.4 Å². The Morgan fingerprint density at radius 2 is 1.75 bits per heavy atom. The first-order valence-electron chi connectivity index (χ1n) is 9.85. The van der Waals surface area contributed by atoms with Crippen molar-refractivity contribution >= 4 is 16.9 Å². The fourth-order valence-corrected chi connectivity index (χ4v) is 3.01. The van der Waals surface area contributed by atoms with Gasteiger partial charge in [0.15, 0.2) is 0 Å². The molecule has 0 bridgehead atoms. The average Bonchev–Trinajstić information content (AvgIpc) is 3.03. The molecule has 0 aliphatic heterocycles. The normalized spacial score (nSPS) is 11.5. The summed E-state index contributed by atoms with van der Waals surface area (Å²) in [5.41, 5.74) is 1.65. The van der Waals surface area contributed by atoms with Gasteiger partial charge in [-0.1, -0.05) is 51.1 Å². The first kappa shape index (κ1) is 19.9. The van der Waals surface area contributed by atoms with E-state index in [1.165, 1.54) is 0 Å². The molecule has 0 unspecified atom stereocenters. The molecule has 0 spiro atoms. The lowest BCUT2D eigenvalue weighted by atomic mass is 9.96. The van der Waals surface area contributed by atoms with Crippen LogP contribution in [-0.4, -0.2) is 22.1 Å². The fourth-order valence-electron chi connectivity index (χ4n) is 3.01. The molecule has 0 saturated carbocycles. The van der Waals surface area contributed by atoms with E-state index in [2.05, 4.69) is 16.0 Å². The van der Waals surface area contributed by atoms with Gasteiger partial charge in [0.1, 0.15) is 11.6 Å². The number of hydrogen-bond acceptors (Lipinski definition) is 3. The van der Waals surface area contributed by atoms with E-state index in [1.807, 2.05) is 69.3 Å². The summed E-state index contributed by atoms with van der Waals surface area (Å²) >= 11 is 0. The predicted molar refractivity (Wildman–Crippen MR) is 112 cm³/mol. The first-order chi connectivity index (χ1) is 13.4. The lowest BCUT2D eigenvalue weighted by Gasteiger charge is -2.18. The smallest absolute Gasteiger partial charge is 0.225 e. The molecule has 0 aliphatic carbocycles. The molecule has 3 rings (SSSR count). The molecular formula is C23H29N3O2. The van der Waals surface area contributed by atoms with Crippen LogP contribution in [0.4, 0.5) is 0 Å². The Morgan fingerprint density at radius 1 is 1.04 bits per heavy atom. The molecule has 5 heteroatoms. The third-order valence-corrected chi connectivity index (χ3v) is 4.61. The van der Waals surface area contributed by atoms with Crippen LogP contribution in [0, 0.1) is 5.41 Å². The molecular weight excluding hydrogens is 350 g/mol. The van der Waals surface area contributed by atoms with Gasteiger partial charge in [0, 0.05) is 12.0 Å². The molecule has 28 heavy (non-hydrogen) atoms. The summed E-state index contributed by atoms with van der Waals surface area (Å²) in [5, 5.41) is 3.02. The van der Waals surface area contributed by atoms with E-state index in [4.69, 9.17) is 9.72 Å². The zero-order valence-electron chi connectivity index (χ0n) is 16.9. The Morgan fingerprint density at radius 3 is 2.50 bits per heavy atom. The topological polar surface area (TPSA) is 56.2 Å². The molecule has 1 aromatic heterocycles. The molecule has 1 amide bonds. The van der Waals surface area contributed by atoms with Crippen molar-refractivity contribution in [2.24, 2.45) is 5.41 Å². The van der Waals surface area contributed by atoms with Gasteiger partial charge >= 0.3 is 0 Å². The van der Waals surface area contributed by atoms with Gasteiger partial charge < -0.3 is 14.6 Å². The van der Waals surface area contributed by atoms with Crippen molar-refractivity contribution in [1.82, 2.24) is 14.9 Å². The van der Waals surface area contributed by atoms with Crippen molar-refractivity contribution in [3.05, 3.63) is 60.4 Å². The second kappa shape index (κ2) is 8.91. The van der Waals surface area contributed by atoms with Crippen LogP contribution in [0.25, 0.3) is 11.0 Å². The minimum Gasteiger partial charge on any atom is -0.494 e. The molecule has 2 aromatic carbocycles. The summed E-state index contributed by atoms with van der Waals surface area (Å²) in [5.74, 6) is 1.83. The zero-order chi connectivity index (χ0) is 20.0. The van der Waals surface area contributed by atoms with Crippen molar-refractivity contribution in [2.45, 2.75) is 46.7 Å². The molecule has 5 nitrogen and oxygen atoms in total. The summed E-state index contributed by atoms with van der Waals surface area (Å²) < 4.78 is 7.99. The average molecular weight is 380 g/mol. The van der Waals surface area contributed by atoms with E-state index in [-0.39, 0.29) is 5.91 Å². The van der Waals surface area contributed by atoms with Crippen LogP contribution in [0.3, 0.4) is 0 Å². The summed E-state index contributed by atoms with van der Waals surface area (Å²) in [6.45, 7) is 7.71. The highest BCUT2D eigenvalue weighted by molar-refractivity contribution is 5.81. The molecule has 1 N–H and O–H groups in total. The lowest BCUT2D eigenvalue weighted by molar-refractivity contribution is -0.128. The van der Waals surface area contributed by atoms with E-state index >= 15 is 0 Å². The third-order valence-electron chi connectivity index (χ3n) is 4.61. The number of unbranched alkanes of at least 4 members (excludes halogenated alkanes) is 1. The summed E-state index contributed by atoms with van der Waals surface area (Å²) in [6.07, 6.45) is 1.93. The number of rotatable bonds is 8. The second-order valence-electron chi connectivity index (χ2n) is 7.97. The van der Waals surface area contributed by atoms with Gasteiger partial charge in [0.2, 0.25) is 5.91 Å². The number of nitrogens with zero attached hydrogens (tertiary/aromatic N) is 2. The van der Waals surface area contributed by atoms with Crippen molar-refractivity contribution in [3.63, 3.8) is 0 Å². The number of hydrogen-bond donors (Lipinski definition) is 1. The van der Waals surface area contributed by atoms with Gasteiger partial charge in [-0.15, -0.1) is 0 Å². The Kier molecular flexibility index (Phi) is 6.34. The van der Waals surface area contributed by atoms with Crippen LogP contribution in [-0.2, 0) is 17.9 Å². The largest absolute Gasteiger partial charge is 0.494 e. The standard InChI is InChI=1S/C23H29N3O2/c1-23(2,3)22(27)24-17-21-25-19-13-7-8-14-20(19)26(21)15-9-10-16-28-18-11-5-4-6-12-18/h4-8,11-14H,9-10,15-17H2,1-3H3,(H,24,27). The van der Waals surface area contributed by atoms with Gasteiger partial charge in [0.25, 0.3) is 0 Å². The minimum atomic E-state index is -0.411. The number of fused-ring (bicyclic) bond motifs is 1. The Bertz CT molecular complexity index is 910. The number of carbonyl (C=O) groups is 1. The van der Waals surface area contributed by atoms with Gasteiger partial charge in [-0.05, 0) is 37.1 Å². The predicted octanol–water partition coefficient (Wildman–Crippen LogP) is 4.56. The number of aromatic nitrogens is 2. The lowest BCUT2D eigenvalue weighted by Crippen LogP contribution is -2.35. The molecule has 0 fully saturated rings. The number of nitrogens with one attached hydrogen (secondary N) is 1. The summed E-state index contributed by atoms with van der Waals surface area (Å²) in [4.78, 5) is 17.0. The van der Waals surface area contributed by atoms with Gasteiger partial charge in [-0.25, -0.2) is 4.98 Å². The third kappa shape index (κ3) is 5.12. The van der Waals surface area contributed by atoms with Crippen molar-refractivity contribution in [2.75, 3.05) is 6.61 Å². The van der Waals surface area contributed by atoms with E-state index < -0.39 is 5.41 Å². The maximum Gasteiger partial charge on any atom is 0.225 e. The van der Waals surface area contributed by atoms with Gasteiger partial charge in [0.05, 0.1) is 24.2 Å². The van der Waals surface area contributed by atoms with E-state index in [0.29, 0.717) is 13.2 Å². The van der Waals surface area contributed by atoms with E-state index in [9.17, 15) is 4.79 Å². The van der Waals surface area contributed by atoms with Crippen molar-refractivity contribution in [3.8, 4) is 5.75 Å². The molecule has 1 heterocycles. The molecule has 0 atom stereocenters. The van der Waals surface area contributed by atoms with Crippen LogP contribution < -0.4 is 10.1 Å². The summed E-state index contributed by atoms with van der Waals surface area (Å²) in [7, 11) is 0. The maximum atomic E-state index is 12.2. The number of amides is 1. The molecule has 0 saturated heterocycles. The van der Waals surface area contributed by atoms with Crippen LogP contribution >= 0.6 is 0 Å². The minimum absolute atomic E-state index is 0.0300. The number of imidazole rings is 1. The van der Waals surface area contributed by atoms with Crippen LogP contribution in [0.2, 0.25) is 0 Å². The van der Waals surface area contributed by atoms with Gasteiger partial charge in [-0.3, -0.25) is 4.79 Å². The Balaban J connectivity index is 1.61. The van der Waals surface area contributed by atoms with Crippen molar-refractivity contribution < 1.29 is 9.53 Å². The van der Waals surface area contributed by atoms with Crippen LogP contribution in [0.15, 0.2) is 54.6 Å². The highest BCUT2D eigenvalue weighted by atomic mass is 16.5. The SMILES string of the molecule is CC(C)(C)C(=O)NCc1nc2ccccc2n1CCCCOc1ccccc1. The quantitative estimate of drug-likeness (QED) is 0.584. The highest BCUT2D eigenvalue weighted by Gasteiger charge is 2.21. The first-order valence-corrected chi connectivity index (χ1v) is 9.85. The zero-order valence-corrected chi connectivity index (χ0v) is 16.9. The monoisotopic (exact) mass is 379 g/mol. The number of carbonyl (C=O) groups excluding carboxylic acids is 1. The fraction of sp³-hybridized carbons (Fsp3) is 0.391.